The number of carbonyl (C=O) groups excluding carboxylic acids is 1. The third kappa shape index (κ3) is 3.01. The highest BCUT2D eigenvalue weighted by atomic mass is 16.2. The molecule has 2 heterocycles. The highest BCUT2D eigenvalue weighted by Crippen LogP contribution is 2.32. The molecule has 3 rings (SSSR count). The van der Waals surface area contributed by atoms with Crippen LogP contribution in [0, 0.1) is 12.8 Å². The Morgan fingerprint density at radius 1 is 1.30 bits per heavy atom. The Morgan fingerprint density at radius 2 is 2.15 bits per heavy atom. The lowest BCUT2D eigenvalue weighted by Gasteiger charge is -2.39. The van der Waals surface area contributed by atoms with Crippen molar-refractivity contribution in [1.82, 2.24) is 10.3 Å². The van der Waals surface area contributed by atoms with Gasteiger partial charge in [0, 0.05) is 12.2 Å². The Hall–Kier alpha value is -1.42. The standard InChI is InChI=1S/C16H23N3O/c1-11-8-9-17-15(10-11)19-16(20)14-7-6-12-4-2-3-5-13(12)18-14/h8-10,12-14,18H,2-7H2,1H3,(H,17,19,20). The van der Waals surface area contributed by atoms with Gasteiger partial charge < -0.3 is 10.6 Å². The van der Waals surface area contributed by atoms with Crippen LogP contribution < -0.4 is 10.6 Å². The zero-order valence-corrected chi connectivity index (χ0v) is 12.1. The molecule has 4 nitrogen and oxygen atoms in total. The number of aromatic nitrogens is 1. The van der Waals surface area contributed by atoms with E-state index in [2.05, 4.69) is 15.6 Å². The molecule has 0 spiro atoms. The summed E-state index contributed by atoms with van der Waals surface area (Å²) in [5.74, 6) is 1.50. The normalized spacial score (nSPS) is 29.6. The number of amides is 1. The van der Waals surface area contributed by atoms with Crippen LogP contribution >= 0.6 is 0 Å². The average Bonchev–Trinajstić information content (AvgIpc) is 2.47. The van der Waals surface area contributed by atoms with Gasteiger partial charge in [0.1, 0.15) is 5.82 Å². The second kappa shape index (κ2) is 5.92. The van der Waals surface area contributed by atoms with Gasteiger partial charge in [-0.1, -0.05) is 12.8 Å². The fraction of sp³-hybridized carbons (Fsp3) is 0.625. The molecule has 2 fully saturated rings. The highest BCUT2D eigenvalue weighted by Gasteiger charge is 2.34. The number of hydrogen-bond acceptors (Lipinski definition) is 3. The Morgan fingerprint density at radius 3 is 3.00 bits per heavy atom. The third-order valence-corrected chi connectivity index (χ3v) is 4.63. The van der Waals surface area contributed by atoms with E-state index >= 15 is 0 Å². The van der Waals surface area contributed by atoms with E-state index in [9.17, 15) is 4.79 Å². The number of nitrogens with one attached hydrogen (secondary N) is 2. The molecular formula is C16H23N3O. The molecule has 2 N–H and O–H groups in total. The number of carbonyl (C=O) groups is 1. The van der Waals surface area contributed by atoms with Crippen molar-refractivity contribution in [3.05, 3.63) is 23.9 Å². The van der Waals surface area contributed by atoms with Gasteiger partial charge in [0.05, 0.1) is 6.04 Å². The first-order chi connectivity index (χ1) is 9.72. The molecule has 1 amide bonds. The van der Waals surface area contributed by atoms with E-state index in [1.165, 1.54) is 32.1 Å². The molecule has 20 heavy (non-hydrogen) atoms. The second-order valence-electron chi connectivity index (χ2n) is 6.16. The van der Waals surface area contributed by atoms with Gasteiger partial charge in [0.15, 0.2) is 0 Å². The van der Waals surface area contributed by atoms with Crippen molar-refractivity contribution in [2.75, 3.05) is 5.32 Å². The zero-order valence-electron chi connectivity index (χ0n) is 12.1. The van der Waals surface area contributed by atoms with Crippen LogP contribution in [0.25, 0.3) is 0 Å². The third-order valence-electron chi connectivity index (χ3n) is 4.63. The lowest BCUT2D eigenvalue weighted by atomic mass is 9.77. The summed E-state index contributed by atoms with van der Waals surface area (Å²) in [5.41, 5.74) is 1.11. The highest BCUT2D eigenvalue weighted by molar-refractivity contribution is 5.94. The van der Waals surface area contributed by atoms with Crippen LogP contribution in [0.3, 0.4) is 0 Å². The Balaban J connectivity index is 1.60. The summed E-state index contributed by atoms with van der Waals surface area (Å²) in [6.07, 6.45) is 9.05. The van der Waals surface area contributed by atoms with E-state index in [1.807, 2.05) is 19.1 Å². The van der Waals surface area contributed by atoms with Crippen molar-refractivity contribution in [2.45, 2.75) is 57.5 Å². The first-order valence-corrected chi connectivity index (χ1v) is 7.72. The van der Waals surface area contributed by atoms with Crippen LogP contribution in [0.2, 0.25) is 0 Å². The summed E-state index contributed by atoms with van der Waals surface area (Å²) >= 11 is 0. The zero-order chi connectivity index (χ0) is 13.9. The molecule has 1 aliphatic heterocycles. The Labute approximate surface area is 120 Å². The average molecular weight is 273 g/mol. The van der Waals surface area contributed by atoms with Gasteiger partial charge in [-0.25, -0.2) is 4.98 Å². The van der Waals surface area contributed by atoms with Gasteiger partial charge in [-0.15, -0.1) is 0 Å². The smallest absolute Gasteiger partial charge is 0.242 e. The largest absolute Gasteiger partial charge is 0.309 e. The number of nitrogens with zero attached hydrogens (tertiary/aromatic N) is 1. The van der Waals surface area contributed by atoms with Crippen molar-refractivity contribution in [1.29, 1.82) is 0 Å². The van der Waals surface area contributed by atoms with Gasteiger partial charge in [0.25, 0.3) is 0 Å². The maximum Gasteiger partial charge on any atom is 0.242 e. The molecule has 1 aromatic heterocycles. The van der Waals surface area contributed by atoms with Crippen LogP contribution in [-0.4, -0.2) is 23.0 Å². The van der Waals surface area contributed by atoms with Crippen molar-refractivity contribution in [2.24, 2.45) is 5.92 Å². The number of rotatable bonds is 2. The maximum absolute atomic E-state index is 12.3. The van der Waals surface area contributed by atoms with Crippen molar-refractivity contribution >= 4 is 11.7 Å². The van der Waals surface area contributed by atoms with Crippen molar-refractivity contribution in [3.63, 3.8) is 0 Å². The molecule has 1 saturated carbocycles. The summed E-state index contributed by atoms with van der Waals surface area (Å²) in [6.45, 7) is 2.00. The minimum atomic E-state index is -0.0586. The molecule has 0 radical (unpaired) electrons. The summed E-state index contributed by atoms with van der Waals surface area (Å²) < 4.78 is 0. The molecule has 2 aliphatic rings. The van der Waals surface area contributed by atoms with Gasteiger partial charge in [0.2, 0.25) is 5.91 Å². The maximum atomic E-state index is 12.3. The van der Waals surface area contributed by atoms with Crippen LogP contribution in [0.1, 0.15) is 44.1 Å². The molecule has 4 heteroatoms. The van der Waals surface area contributed by atoms with Crippen LogP contribution in [0.15, 0.2) is 18.3 Å². The molecule has 3 unspecified atom stereocenters. The summed E-state index contributed by atoms with van der Waals surface area (Å²) in [4.78, 5) is 16.5. The predicted molar refractivity (Wildman–Crippen MR) is 79.5 cm³/mol. The molecule has 1 aliphatic carbocycles. The number of aryl methyl sites for hydroxylation is 1. The van der Waals surface area contributed by atoms with Crippen LogP contribution in [-0.2, 0) is 4.79 Å². The molecule has 0 bridgehead atoms. The summed E-state index contributed by atoms with van der Waals surface area (Å²) in [5, 5.41) is 6.49. The van der Waals surface area contributed by atoms with Gasteiger partial charge in [-0.05, 0) is 56.2 Å². The van der Waals surface area contributed by atoms with Gasteiger partial charge in [-0.3, -0.25) is 4.79 Å². The number of piperidine rings is 1. The predicted octanol–water partition coefficient (Wildman–Crippen LogP) is 2.64. The van der Waals surface area contributed by atoms with Crippen molar-refractivity contribution < 1.29 is 4.79 Å². The quantitative estimate of drug-likeness (QED) is 0.871. The monoisotopic (exact) mass is 273 g/mol. The lowest BCUT2D eigenvalue weighted by Crippen LogP contribution is -2.53. The molecule has 1 aromatic rings. The number of fused-ring (bicyclic) bond motifs is 1. The molecular weight excluding hydrogens is 250 g/mol. The lowest BCUT2D eigenvalue weighted by molar-refractivity contribution is -0.119. The fourth-order valence-corrected chi connectivity index (χ4v) is 3.52. The van der Waals surface area contributed by atoms with Gasteiger partial charge in [-0.2, -0.15) is 0 Å². The Bertz CT molecular complexity index is 488. The van der Waals surface area contributed by atoms with Crippen LogP contribution in [0.5, 0.6) is 0 Å². The van der Waals surface area contributed by atoms with E-state index in [1.54, 1.807) is 6.20 Å². The van der Waals surface area contributed by atoms with Crippen LogP contribution in [0.4, 0.5) is 5.82 Å². The molecule has 3 atom stereocenters. The summed E-state index contributed by atoms with van der Waals surface area (Å²) in [6, 6.07) is 4.32. The molecule has 0 aromatic carbocycles. The number of anilines is 1. The minimum Gasteiger partial charge on any atom is -0.309 e. The first kappa shape index (κ1) is 13.6. The minimum absolute atomic E-state index is 0.0586. The van der Waals surface area contributed by atoms with E-state index in [4.69, 9.17) is 0 Å². The van der Waals surface area contributed by atoms with E-state index < -0.39 is 0 Å². The number of hydrogen-bond donors (Lipinski definition) is 2. The molecule has 108 valence electrons. The van der Waals surface area contributed by atoms with Crippen molar-refractivity contribution in [3.8, 4) is 0 Å². The van der Waals surface area contributed by atoms with E-state index in [0.717, 1.165) is 17.9 Å². The second-order valence-corrected chi connectivity index (χ2v) is 6.16. The fourth-order valence-electron chi connectivity index (χ4n) is 3.52. The van der Waals surface area contributed by atoms with Gasteiger partial charge >= 0.3 is 0 Å². The first-order valence-electron chi connectivity index (χ1n) is 7.72. The SMILES string of the molecule is Cc1ccnc(NC(=O)C2CCC3CCCCC3N2)c1. The van der Waals surface area contributed by atoms with E-state index in [0.29, 0.717) is 11.9 Å². The topological polar surface area (TPSA) is 54.0 Å². The summed E-state index contributed by atoms with van der Waals surface area (Å²) in [7, 11) is 0. The van der Waals surface area contributed by atoms with E-state index in [-0.39, 0.29) is 11.9 Å². The Kier molecular flexibility index (Phi) is 4.01. The molecule has 1 saturated heterocycles. The number of pyridine rings is 1.